The van der Waals surface area contributed by atoms with Crippen molar-refractivity contribution >= 4 is 18.0 Å². The van der Waals surface area contributed by atoms with Crippen molar-refractivity contribution in [1.29, 1.82) is 0 Å². The van der Waals surface area contributed by atoms with E-state index in [0.29, 0.717) is 29.0 Å². The molecule has 1 atom stereocenters. The van der Waals surface area contributed by atoms with Crippen LogP contribution in [0.4, 0.5) is 13.2 Å². The second kappa shape index (κ2) is 13.1. The van der Waals surface area contributed by atoms with Gasteiger partial charge in [0.15, 0.2) is 0 Å². The molecule has 0 spiro atoms. The summed E-state index contributed by atoms with van der Waals surface area (Å²) in [5.74, 6) is -0.632. The molecule has 1 aliphatic carbocycles. The second-order valence-electron chi connectivity index (χ2n) is 10.5. The molecule has 44 heavy (non-hydrogen) atoms. The van der Waals surface area contributed by atoms with Gasteiger partial charge in [0.2, 0.25) is 5.88 Å². The van der Waals surface area contributed by atoms with Crippen LogP contribution < -0.4 is 10.1 Å². The fourth-order valence-electron chi connectivity index (χ4n) is 4.99. The summed E-state index contributed by atoms with van der Waals surface area (Å²) in [7, 11) is 0. The van der Waals surface area contributed by atoms with Crippen LogP contribution in [0.5, 0.6) is 11.6 Å². The van der Waals surface area contributed by atoms with E-state index in [4.69, 9.17) is 4.74 Å². The Morgan fingerprint density at radius 2 is 1.89 bits per heavy atom. The summed E-state index contributed by atoms with van der Waals surface area (Å²) >= 11 is 0. The Morgan fingerprint density at radius 3 is 2.52 bits per heavy atom. The highest BCUT2D eigenvalue weighted by Crippen LogP contribution is 2.31. The lowest BCUT2D eigenvalue weighted by atomic mass is 9.89. The fourth-order valence-corrected chi connectivity index (χ4v) is 4.99. The molecule has 12 heteroatoms. The second-order valence-corrected chi connectivity index (χ2v) is 10.5. The molecule has 1 fully saturated rings. The van der Waals surface area contributed by atoms with E-state index in [9.17, 15) is 27.9 Å². The van der Waals surface area contributed by atoms with Crippen molar-refractivity contribution in [2.45, 2.75) is 57.3 Å². The van der Waals surface area contributed by atoms with E-state index in [2.05, 4.69) is 26.5 Å². The summed E-state index contributed by atoms with van der Waals surface area (Å²) in [6.45, 7) is 1.78. The van der Waals surface area contributed by atoms with Gasteiger partial charge < -0.3 is 15.2 Å². The Kier molecular flexibility index (Phi) is 9.07. The average molecular weight is 606 g/mol. The molecule has 1 aliphatic rings. The summed E-state index contributed by atoms with van der Waals surface area (Å²) in [6, 6.07) is 12.0. The van der Waals surface area contributed by atoms with E-state index in [0.717, 1.165) is 43.5 Å². The van der Waals surface area contributed by atoms with Crippen molar-refractivity contribution in [2.75, 3.05) is 0 Å². The normalized spacial score (nSPS) is 15.8. The Bertz CT molecular complexity index is 1640. The maximum Gasteiger partial charge on any atom is 0.417 e. The van der Waals surface area contributed by atoms with E-state index in [1.54, 1.807) is 49.6 Å². The molecule has 1 unspecified atom stereocenters. The van der Waals surface area contributed by atoms with E-state index in [-0.39, 0.29) is 17.8 Å². The number of carbonyl (C=O) groups is 2. The van der Waals surface area contributed by atoms with Gasteiger partial charge in [0, 0.05) is 36.3 Å². The van der Waals surface area contributed by atoms with E-state index >= 15 is 0 Å². The minimum Gasteiger partial charge on any atom is -0.480 e. The molecule has 228 valence electrons. The summed E-state index contributed by atoms with van der Waals surface area (Å²) in [6.07, 6.45) is 6.59. The predicted molar refractivity (Wildman–Crippen MR) is 156 cm³/mol. The number of amides is 1. The average Bonchev–Trinajstić information content (AvgIpc) is 3.48. The first-order valence-electron chi connectivity index (χ1n) is 14.1. The third kappa shape index (κ3) is 7.49. The van der Waals surface area contributed by atoms with Gasteiger partial charge in [0.1, 0.15) is 11.8 Å². The predicted octanol–water partition coefficient (Wildman–Crippen LogP) is 6.94. The first kappa shape index (κ1) is 30.5. The van der Waals surface area contributed by atoms with Gasteiger partial charge >= 0.3 is 12.1 Å². The summed E-state index contributed by atoms with van der Waals surface area (Å²) < 4.78 is 45.4. The lowest BCUT2D eigenvalue weighted by Crippen LogP contribution is -2.36. The number of hydrogen-bond acceptors (Lipinski definition) is 6. The molecule has 1 amide bonds. The van der Waals surface area contributed by atoms with Crippen LogP contribution in [0.1, 0.15) is 66.6 Å². The van der Waals surface area contributed by atoms with Gasteiger partial charge in [-0.2, -0.15) is 18.3 Å². The highest BCUT2D eigenvalue weighted by Gasteiger charge is 2.30. The topological polar surface area (TPSA) is 119 Å². The Balaban J connectivity index is 1.13. The minimum absolute atomic E-state index is 0.0139. The van der Waals surface area contributed by atoms with Crippen LogP contribution in [0.2, 0.25) is 0 Å². The highest BCUT2D eigenvalue weighted by molar-refractivity contribution is 5.94. The number of rotatable bonds is 9. The maximum atomic E-state index is 12.9. The zero-order valence-electron chi connectivity index (χ0n) is 23.8. The standard InChI is InChI=1S/C32H30F3N5O4/c1-2-28(31(42)43)40-19-23(17-38-40)27-12-8-22(16-36-27)30(41)39-25-10-6-20(7-11-25)14-21-4-3-5-26(15-21)44-29-13-9-24(18-37-29)32(33,34)35/h3-5,8-9,12-19,25,28H,2,6-7,10-11H2,1H3,(H,39,41)(H,42,43). The van der Waals surface area contributed by atoms with Crippen molar-refractivity contribution in [2.24, 2.45) is 0 Å². The number of carboxylic acid groups (broad SMARTS) is 1. The quantitative estimate of drug-likeness (QED) is 0.212. The van der Waals surface area contributed by atoms with Crippen LogP contribution in [0, 0.1) is 0 Å². The van der Waals surface area contributed by atoms with Gasteiger partial charge in [0.05, 0.1) is 23.0 Å². The monoisotopic (exact) mass is 605 g/mol. The van der Waals surface area contributed by atoms with Crippen molar-refractivity contribution < 1.29 is 32.6 Å². The van der Waals surface area contributed by atoms with Crippen LogP contribution in [-0.2, 0) is 11.0 Å². The number of hydrogen-bond donors (Lipinski definition) is 2. The summed E-state index contributed by atoms with van der Waals surface area (Å²) in [4.78, 5) is 32.4. The molecule has 4 aromatic rings. The third-order valence-electron chi connectivity index (χ3n) is 7.39. The number of pyridine rings is 2. The number of carboxylic acids is 1. The molecule has 0 bridgehead atoms. The summed E-state index contributed by atoms with van der Waals surface area (Å²) in [5.41, 5.74) is 2.97. The van der Waals surface area contributed by atoms with Crippen molar-refractivity contribution in [3.63, 3.8) is 0 Å². The van der Waals surface area contributed by atoms with Gasteiger partial charge in [-0.3, -0.25) is 14.5 Å². The van der Waals surface area contributed by atoms with Crippen LogP contribution in [0.25, 0.3) is 17.3 Å². The van der Waals surface area contributed by atoms with Gasteiger partial charge in [-0.05, 0) is 68.0 Å². The SMILES string of the molecule is CCC(C(=O)O)n1cc(-c2ccc(C(=O)NC3CCC(=Cc4cccc(Oc5ccc(C(F)(F)F)cn5)c4)CC3)cn2)cn1. The molecule has 1 aromatic carbocycles. The number of ether oxygens (including phenoxy) is 1. The molecular formula is C32H30F3N5O4. The van der Waals surface area contributed by atoms with Crippen LogP contribution >= 0.6 is 0 Å². The molecule has 1 saturated carbocycles. The minimum atomic E-state index is -4.46. The number of aromatic nitrogens is 4. The van der Waals surface area contributed by atoms with E-state index in [1.165, 1.54) is 22.5 Å². The Labute approximate surface area is 251 Å². The maximum absolute atomic E-state index is 12.9. The van der Waals surface area contributed by atoms with Gasteiger partial charge in [-0.25, -0.2) is 9.78 Å². The first-order valence-corrected chi connectivity index (χ1v) is 14.1. The number of nitrogens with one attached hydrogen (secondary N) is 1. The number of nitrogens with zero attached hydrogens (tertiary/aromatic N) is 4. The zero-order valence-corrected chi connectivity index (χ0v) is 23.8. The number of carbonyl (C=O) groups excluding carboxylic acids is 1. The fraction of sp³-hybridized carbons (Fsp3) is 0.281. The number of allylic oxidation sites excluding steroid dienone is 1. The number of aliphatic carboxylic acids is 1. The molecule has 2 N–H and O–H groups in total. The zero-order chi connectivity index (χ0) is 31.3. The van der Waals surface area contributed by atoms with Crippen molar-refractivity contribution in [3.05, 3.63) is 95.6 Å². The summed E-state index contributed by atoms with van der Waals surface area (Å²) in [5, 5.41) is 16.6. The van der Waals surface area contributed by atoms with Crippen molar-refractivity contribution in [1.82, 2.24) is 25.1 Å². The van der Waals surface area contributed by atoms with Gasteiger partial charge in [-0.1, -0.05) is 30.7 Å². The first-order chi connectivity index (χ1) is 21.1. The molecule has 0 aliphatic heterocycles. The third-order valence-corrected chi connectivity index (χ3v) is 7.39. The molecule has 5 rings (SSSR count). The molecular weight excluding hydrogens is 575 g/mol. The number of halogens is 3. The largest absolute Gasteiger partial charge is 0.480 e. The molecule has 9 nitrogen and oxygen atoms in total. The van der Waals surface area contributed by atoms with Gasteiger partial charge in [0.25, 0.3) is 5.91 Å². The molecule has 3 heterocycles. The lowest BCUT2D eigenvalue weighted by molar-refractivity contribution is -0.141. The highest BCUT2D eigenvalue weighted by atomic mass is 19.4. The van der Waals surface area contributed by atoms with Gasteiger partial charge in [-0.15, -0.1) is 0 Å². The van der Waals surface area contributed by atoms with Crippen molar-refractivity contribution in [3.8, 4) is 22.9 Å². The Hall–Kier alpha value is -5.00. The molecule has 3 aromatic heterocycles. The van der Waals surface area contributed by atoms with E-state index < -0.39 is 23.8 Å². The van der Waals surface area contributed by atoms with Crippen LogP contribution in [0.15, 0.2) is 78.9 Å². The van der Waals surface area contributed by atoms with E-state index in [1.807, 2.05) is 6.07 Å². The Morgan fingerprint density at radius 1 is 1.09 bits per heavy atom. The molecule has 0 saturated heterocycles. The molecule has 0 radical (unpaired) electrons. The number of alkyl halides is 3. The van der Waals surface area contributed by atoms with Crippen LogP contribution in [0.3, 0.4) is 0 Å². The lowest BCUT2D eigenvalue weighted by Gasteiger charge is -2.25. The number of benzene rings is 1. The van der Waals surface area contributed by atoms with Crippen LogP contribution in [-0.4, -0.2) is 42.8 Å². The smallest absolute Gasteiger partial charge is 0.417 e.